The number of aromatic nitrogens is 1. The fourth-order valence-corrected chi connectivity index (χ4v) is 4.38. The van der Waals surface area contributed by atoms with Crippen molar-refractivity contribution in [2.75, 3.05) is 6.61 Å². The van der Waals surface area contributed by atoms with E-state index in [1.807, 2.05) is 28.8 Å². The SMILES string of the molecule is OCCC1CCCc2c1n(Cc1ccc(Cl)cc1)c1c(F)cc(F)cc21. The summed E-state index contributed by atoms with van der Waals surface area (Å²) in [6.07, 6.45) is 3.36. The van der Waals surface area contributed by atoms with E-state index in [0.29, 0.717) is 28.9 Å². The van der Waals surface area contributed by atoms with E-state index in [1.165, 1.54) is 6.07 Å². The predicted molar refractivity (Wildman–Crippen MR) is 99.8 cm³/mol. The van der Waals surface area contributed by atoms with Crippen LogP contribution in [0.15, 0.2) is 36.4 Å². The third-order valence-corrected chi connectivity index (χ3v) is 5.57. The second kappa shape index (κ2) is 7.01. The van der Waals surface area contributed by atoms with Gasteiger partial charge in [0.05, 0.1) is 5.52 Å². The van der Waals surface area contributed by atoms with Crippen LogP contribution in [0, 0.1) is 11.6 Å². The first-order chi connectivity index (χ1) is 12.6. The molecule has 0 bridgehead atoms. The van der Waals surface area contributed by atoms with Gasteiger partial charge in [0, 0.05) is 41.2 Å². The van der Waals surface area contributed by atoms with E-state index in [0.717, 1.165) is 42.1 Å². The molecule has 2 aromatic carbocycles. The lowest BCUT2D eigenvalue weighted by Gasteiger charge is -2.25. The Morgan fingerprint density at radius 3 is 2.65 bits per heavy atom. The van der Waals surface area contributed by atoms with Gasteiger partial charge in [-0.1, -0.05) is 23.7 Å². The van der Waals surface area contributed by atoms with E-state index in [-0.39, 0.29) is 12.5 Å². The van der Waals surface area contributed by atoms with Crippen LogP contribution >= 0.6 is 11.6 Å². The molecule has 0 aliphatic heterocycles. The van der Waals surface area contributed by atoms with Crippen LogP contribution in [0.4, 0.5) is 8.78 Å². The van der Waals surface area contributed by atoms with Crippen LogP contribution in [0.2, 0.25) is 5.02 Å². The van der Waals surface area contributed by atoms with Crippen LogP contribution in [0.25, 0.3) is 10.9 Å². The molecule has 1 atom stereocenters. The van der Waals surface area contributed by atoms with Crippen LogP contribution < -0.4 is 0 Å². The van der Waals surface area contributed by atoms with E-state index in [4.69, 9.17) is 11.6 Å². The second-order valence-electron chi connectivity index (χ2n) is 6.96. The molecule has 3 aromatic rings. The number of aryl methyl sites for hydroxylation is 1. The molecule has 26 heavy (non-hydrogen) atoms. The van der Waals surface area contributed by atoms with Crippen LogP contribution in [-0.2, 0) is 13.0 Å². The molecule has 1 aliphatic carbocycles. The number of hydrogen-bond acceptors (Lipinski definition) is 1. The molecule has 1 heterocycles. The van der Waals surface area contributed by atoms with Gasteiger partial charge in [0.2, 0.25) is 0 Å². The number of benzene rings is 2. The lowest BCUT2D eigenvalue weighted by molar-refractivity contribution is 0.267. The second-order valence-corrected chi connectivity index (χ2v) is 7.40. The number of fused-ring (bicyclic) bond motifs is 3. The summed E-state index contributed by atoms with van der Waals surface area (Å²) in [4.78, 5) is 0. The standard InChI is InChI=1S/C21H20ClF2NO/c22-15-6-4-13(5-7-15)12-25-20-14(8-9-26)2-1-3-17(20)18-10-16(23)11-19(24)21(18)25/h4-7,10-11,14,26H,1-3,8-9,12H2. The number of halogens is 3. The van der Waals surface area contributed by atoms with Crippen molar-refractivity contribution in [3.63, 3.8) is 0 Å². The Bertz CT molecular complexity index is 949. The van der Waals surface area contributed by atoms with Gasteiger partial charge in [-0.05, 0) is 55.0 Å². The van der Waals surface area contributed by atoms with Gasteiger partial charge in [0.25, 0.3) is 0 Å². The summed E-state index contributed by atoms with van der Waals surface area (Å²) < 4.78 is 30.6. The monoisotopic (exact) mass is 375 g/mol. The van der Waals surface area contributed by atoms with Crippen molar-refractivity contribution < 1.29 is 13.9 Å². The van der Waals surface area contributed by atoms with Gasteiger partial charge in [-0.25, -0.2) is 8.78 Å². The molecular weight excluding hydrogens is 356 g/mol. The van der Waals surface area contributed by atoms with Crippen LogP contribution in [0.5, 0.6) is 0 Å². The molecule has 0 spiro atoms. The average molecular weight is 376 g/mol. The maximum absolute atomic E-state index is 14.7. The minimum absolute atomic E-state index is 0.0867. The molecule has 136 valence electrons. The van der Waals surface area contributed by atoms with Gasteiger partial charge < -0.3 is 9.67 Å². The van der Waals surface area contributed by atoms with Crippen molar-refractivity contribution >= 4 is 22.5 Å². The molecule has 0 amide bonds. The Morgan fingerprint density at radius 1 is 1.15 bits per heavy atom. The van der Waals surface area contributed by atoms with Crippen molar-refractivity contribution in [3.8, 4) is 0 Å². The molecule has 0 saturated carbocycles. The quantitative estimate of drug-likeness (QED) is 0.646. The van der Waals surface area contributed by atoms with Gasteiger partial charge in [0.15, 0.2) is 0 Å². The van der Waals surface area contributed by atoms with E-state index >= 15 is 0 Å². The minimum atomic E-state index is -0.550. The summed E-state index contributed by atoms with van der Waals surface area (Å²) in [5, 5.41) is 10.8. The van der Waals surface area contributed by atoms with Gasteiger partial charge in [-0.3, -0.25) is 0 Å². The Morgan fingerprint density at radius 2 is 1.92 bits per heavy atom. The summed E-state index contributed by atoms with van der Waals surface area (Å²) in [7, 11) is 0. The molecule has 1 aliphatic rings. The minimum Gasteiger partial charge on any atom is -0.396 e. The fraction of sp³-hybridized carbons (Fsp3) is 0.333. The average Bonchev–Trinajstić information content (AvgIpc) is 2.92. The van der Waals surface area contributed by atoms with Crippen LogP contribution in [-0.4, -0.2) is 16.3 Å². The predicted octanol–water partition coefficient (Wildman–Crippen LogP) is 5.42. The van der Waals surface area contributed by atoms with Crippen molar-refractivity contribution in [2.24, 2.45) is 0 Å². The fourth-order valence-electron chi connectivity index (χ4n) is 4.26. The van der Waals surface area contributed by atoms with Crippen LogP contribution in [0.1, 0.15) is 42.0 Å². The normalized spacial score (nSPS) is 16.8. The van der Waals surface area contributed by atoms with Crippen molar-refractivity contribution in [3.05, 3.63) is 69.9 Å². The molecule has 2 nitrogen and oxygen atoms in total. The summed E-state index contributed by atoms with van der Waals surface area (Å²) in [5.74, 6) is -0.928. The van der Waals surface area contributed by atoms with Gasteiger partial charge in [0.1, 0.15) is 11.6 Å². The third kappa shape index (κ3) is 3.01. The van der Waals surface area contributed by atoms with Crippen molar-refractivity contribution in [1.82, 2.24) is 4.57 Å². The first-order valence-corrected chi connectivity index (χ1v) is 9.31. The summed E-state index contributed by atoms with van der Waals surface area (Å²) >= 11 is 5.97. The molecule has 1 unspecified atom stereocenters. The number of hydrogen-bond donors (Lipinski definition) is 1. The summed E-state index contributed by atoms with van der Waals surface area (Å²) in [6.45, 7) is 0.580. The molecule has 1 N–H and O–H groups in total. The molecule has 0 saturated heterocycles. The maximum atomic E-state index is 14.7. The van der Waals surface area contributed by atoms with E-state index in [2.05, 4.69) is 0 Å². The zero-order valence-corrected chi connectivity index (χ0v) is 15.1. The smallest absolute Gasteiger partial charge is 0.150 e. The highest BCUT2D eigenvalue weighted by molar-refractivity contribution is 6.30. The highest BCUT2D eigenvalue weighted by atomic mass is 35.5. The largest absolute Gasteiger partial charge is 0.396 e. The Hall–Kier alpha value is -1.91. The van der Waals surface area contributed by atoms with Crippen molar-refractivity contribution in [2.45, 2.75) is 38.1 Å². The number of aliphatic hydroxyl groups excluding tert-OH is 1. The van der Waals surface area contributed by atoms with Crippen LogP contribution in [0.3, 0.4) is 0 Å². The number of rotatable bonds is 4. The van der Waals surface area contributed by atoms with Gasteiger partial charge in [-0.15, -0.1) is 0 Å². The first kappa shape index (κ1) is 17.5. The van der Waals surface area contributed by atoms with E-state index < -0.39 is 11.6 Å². The van der Waals surface area contributed by atoms with Gasteiger partial charge >= 0.3 is 0 Å². The summed E-state index contributed by atoms with van der Waals surface area (Å²) in [5.41, 5.74) is 3.53. The number of aliphatic hydroxyl groups is 1. The molecule has 4 rings (SSSR count). The van der Waals surface area contributed by atoms with Gasteiger partial charge in [-0.2, -0.15) is 0 Å². The zero-order valence-electron chi connectivity index (χ0n) is 14.3. The lowest BCUT2D eigenvalue weighted by Crippen LogP contribution is -2.16. The lowest BCUT2D eigenvalue weighted by atomic mass is 9.85. The first-order valence-electron chi connectivity index (χ1n) is 8.93. The number of nitrogens with zero attached hydrogens (tertiary/aromatic N) is 1. The highest BCUT2D eigenvalue weighted by Gasteiger charge is 2.29. The Balaban J connectivity index is 1.94. The Kier molecular flexibility index (Phi) is 4.72. The maximum Gasteiger partial charge on any atom is 0.150 e. The third-order valence-electron chi connectivity index (χ3n) is 5.32. The molecule has 1 aromatic heterocycles. The molecule has 0 radical (unpaired) electrons. The molecule has 0 fully saturated rings. The highest BCUT2D eigenvalue weighted by Crippen LogP contribution is 2.41. The molecule has 5 heteroatoms. The van der Waals surface area contributed by atoms with E-state index in [9.17, 15) is 13.9 Å². The zero-order chi connectivity index (χ0) is 18.3. The van der Waals surface area contributed by atoms with E-state index in [1.54, 1.807) is 0 Å². The summed E-state index contributed by atoms with van der Waals surface area (Å²) in [6, 6.07) is 9.87. The van der Waals surface area contributed by atoms with Crippen molar-refractivity contribution in [1.29, 1.82) is 0 Å². The Labute approximate surface area is 156 Å². The molecular formula is C21H20ClF2NO. The topological polar surface area (TPSA) is 25.2 Å².